The molecular formula is C13H26IN3. The van der Waals surface area contributed by atoms with Crippen molar-refractivity contribution in [3.05, 3.63) is 0 Å². The zero-order valence-corrected chi connectivity index (χ0v) is 13.4. The molecule has 2 saturated carbocycles. The van der Waals surface area contributed by atoms with Gasteiger partial charge in [-0.1, -0.05) is 19.8 Å². The van der Waals surface area contributed by atoms with Gasteiger partial charge in [-0.15, -0.1) is 24.0 Å². The molecule has 2 aliphatic rings. The fourth-order valence-electron chi connectivity index (χ4n) is 2.61. The Kier molecular flexibility index (Phi) is 6.03. The first-order valence-electron chi connectivity index (χ1n) is 6.75. The van der Waals surface area contributed by atoms with E-state index in [2.05, 4.69) is 22.5 Å². The number of halogens is 1. The molecule has 4 heteroatoms. The van der Waals surface area contributed by atoms with Crippen LogP contribution in [0.1, 0.15) is 51.9 Å². The highest BCUT2D eigenvalue weighted by atomic mass is 127. The molecule has 0 radical (unpaired) electrons. The highest BCUT2D eigenvalue weighted by Gasteiger charge is 2.36. The van der Waals surface area contributed by atoms with Crippen LogP contribution in [0, 0.1) is 5.41 Å². The second-order valence-corrected chi connectivity index (χ2v) is 5.45. The van der Waals surface area contributed by atoms with Gasteiger partial charge in [0.1, 0.15) is 0 Å². The highest BCUT2D eigenvalue weighted by Crippen LogP contribution is 2.44. The van der Waals surface area contributed by atoms with Crippen LogP contribution in [0.2, 0.25) is 0 Å². The summed E-state index contributed by atoms with van der Waals surface area (Å²) in [6.07, 6.45) is 9.48. The molecule has 0 heterocycles. The second kappa shape index (κ2) is 6.81. The summed E-state index contributed by atoms with van der Waals surface area (Å²) < 4.78 is 0. The maximum atomic E-state index is 4.28. The Hall–Kier alpha value is 0. The Bertz CT molecular complexity index is 257. The fourth-order valence-corrected chi connectivity index (χ4v) is 2.61. The third-order valence-corrected chi connectivity index (χ3v) is 3.97. The molecule has 0 aromatic carbocycles. The summed E-state index contributed by atoms with van der Waals surface area (Å²) in [6.45, 7) is 3.39. The Labute approximate surface area is 122 Å². The van der Waals surface area contributed by atoms with Crippen molar-refractivity contribution in [3.8, 4) is 0 Å². The van der Waals surface area contributed by atoms with E-state index >= 15 is 0 Å². The molecule has 100 valence electrons. The van der Waals surface area contributed by atoms with Gasteiger partial charge in [0.15, 0.2) is 5.96 Å². The first kappa shape index (κ1) is 15.1. The van der Waals surface area contributed by atoms with Crippen LogP contribution in [0.5, 0.6) is 0 Å². The maximum absolute atomic E-state index is 4.28. The summed E-state index contributed by atoms with van der Waals surface area (Å²) in [7, 11) is 1.87. The van der Waals surface area contributed by atoms with Gasteiger partial charge in [0, 0.05) is 19.6 Å². The van der Waals surface area contributed by atoms with Crippen molar-refractivity contribution in [1.29, 1.82) is 0 Å². The Morgan fingerprint density at radius 3 is 2.47 bits per heavy atom. The van der Waals surface area contributed by atoms with E-state index in [0.29, 0.717) is 11.5 Å². The monoisotopic (exact) mass is 351 g/mol. The molecular weight excluding hydrogens is 325 g/mol. The number of hydrogen-bond donors (Lipinski definition) is 2. The molecule has 0 aliphatic heterocycles. The van der Waals surface area contributed by atoms with Crippen LogP contribution in [0.4, 0.5) is 0 Å². The van der Waals surface area contributed by atoms with E-state index < -0.39 is 0 Å². The molecule has 17 heavy (non-hydrogen) atoms. The van der Waals surface area contributed by atoms with E-state index in [-0.39, 0.29) is 24.0 Å². The SMILES string of the molecule is CCCC1(CNC(=NC)NC2CC2)CCC1.I. The minimum Gasteiger partial charge on any atom is -0.356 e. The van der Waals surface area contributed by atoms with Crippen molar-refractivity contribution in [1.82, 2.24) is 10.6 Å². The van der Waals surface area contributed by atoms with Crippen molar-refractivity contribution >= 4 is 29.9 Å². The van der Waals surface area contributed by atoms with Crippen LogP contribution in [-0.2, 0) is 0 Å². The predicted molar refractivity (Wildman–Crippen MR) is 84.1 cm³/mol. The smallest absolute Gasteiger partial charge is 0.191 e. The van der Waals surface area contributed by atoms with E-state index in [0.717, 1.165) is 12.5 Å². The van der Waals surface area contributed by atoms with Crippen LogP contribution in [0.25, 0.3) is 0 Å². The summed E-state index contributed by atoms with van der Waals surface area (Å²) >= 11 is 0. The van der Waals surface area contributed by atoms with Crippen LogP contribution in [0.15, 0.2) is 4.99 Å². The Morgan fingerprint density at radius 1 is 1.35 bits per heavy atom. The first-order chi connectivity index (χ1) is 7.78. The largest absolute Gasteiger partial charge is 0.356 e. The van der Waals surface area contributed by atoms with Gasteiger partial charge in [0.05, 0.1) is 0 Å². The van der Waals surface area contributed by atoms with Gasteiger partial charge in [0.2, 0.25) is 0 Å². The van der Waals surface area contributed by atoms with E-state index in [9.17, 15) is 0 Å². The van der Waals surface area contributed by atoms with Gasteiger partial charge in [-0.3, -0.25) is 4.99 Å². The molecule has 2 rings (SSSR count). The Balaban J connectivity index is 0.00000144. The van der Waals surface area contributed by atoms with E-state index in [1.54, 1.807) is 0 Å². The summed E-state index contributed by atoms with van der Waals surface area (Å²) in [5.74, 6) is 1.00. The molecule has 0 spiro atoms. The minimum atomic E-state index is 0. The van der Waals surface area contributed by atoms with Crippen molar-refractivity contribution in [2.75, 3.05) is 13.6 Å². The maximum Gasteiger partial charge on any atom is 0.191 e. The van der Waals surface area contributed by atoms with E-state index in [1.807, 2.05) is 7.05 Å². The number of rotatable bonds is 5. The van der Waals surface area contributed by atoms with E-state index in [4.69, 9.17) is 0 Å². The van der Waals surface area contributed by atoms with Crippen LogP contribution >= 0.6 is 24.0 Å². The predicted octanol–water partition coefficient (Wildman–Crippen LogP) is 2.90. The topological polar surface area (TPSA) is 36.4 Å². The molecule has 0 saturated heterocycles. The van der Waals surface area contributed by atoms with Gasteiger partial charge in [-0.2, -0.15) is 0 Å². The zero-order valence-electron chi connectivity index (χ0n) is 11.1. The molecule has 0 aromatic heterocycles. The lowest BCUT2D eigenvalue weighted by Crippen LogP contribution is -2.46. The third kappa shape index (κ3) is 4.30. The Morgan fingerprint density at radius 2 is 2.06 bits per heavy atom. The van der Waals surface area contributed by atoms with E-state index in [1.165, 1.54) is 44.9 Å². The molecule has 2 aliphatic carbocycles. The van der Waals surface area contributed by atoms with Crippen LogP contribution in [-0.4, -0.2) is 25.6 Å². The lowest BCUT2D eigenvalue weighted by molar-refractivity contribution is 0.122. The number of hydrogen-bond acceptors (Lipinski definition) is 1. The van der Waals surface area contributed by atoms with Crippen LogP contribution in [0.3, 0.4) is 0 Å². The van der Waals surface area contributed by atoms with Gasteiger partial charge >= 0.3 is 0 Å². The molecule has 2 fully saturated rings. The standard InChI is InChI=1S/C13H25N3.HI/c1-3-7-13(8-4-9-13)10-15-12(14-2)16-11-5-6-11;/h11H,3-10H2,1-2H3,(H2,14,15,16);1H. The third-order valence-electron chi connectivity index (χ3n) is 3.97. The highest BCUT2D eigenvalue weighted by molar-refractivity contribution is 14.0. The second-order valence-electron chi connectivity index (χ2n) is 5.45. The summed E-state index contributed by atoms with van der Waals surface area (Å²) in [6, 6.07) is 0.690. The first-order valence-corrected chi connectivity index (χ1v) is 6.75. The number of nitrogens with zero attached hydrogens (tertiary/aromatic N) is 1. The van der Waals surface area contributed by atoms with Crippen molar-refractivity contribution in [2.45, 2.75) is 57.9 Å². The summed E-state index contributed by atoms with van der Waals surface area (Å²) in [5, 5.41) is 6.95. The van der Waals surface area contributed by atoms with Gasteiger partial charge < -0.3 is 10.6 Å². The van der Waals surface area contributed by atoms with Gasteiger partial charge in [-0.05, 0) is 37.5 Å². The molecule has 0 bridgehead atoms. The minimum absolute atomic E-state index is 0. The average molecular weight is 351 g/mol. The lowest BCUT2D eigenvalue weighted by atomic mass is 9.66. The molecule has 2 N–H and O–H groups in total. The molecule has 3 nitrogen and oxygen atoms in total. The van der Waals surface area contributed by atoms with Crippen molar-refractivity contribution < 1.29 is 0 Å². The quantitative estimate of drug-likeness (QED) is 0.454. The molecule has 0 amide bonds. The lowest BCUT2D eigenvalue weighted by Gasteiger charge is -2.42. The number of nitrogens with one attached hydrogen (secondary N) is 2. The molecule has 0 atom stereocenters. The van der Waals surface area contributed by atoms with Crippen molar-refractivity contribution in [3.63, 3.8) is 0 Å². The van der Waals surface area contributed by atoms with Gasteiger partial charge in [0.25, 0.3) is 0 Å². The van der Waals surface area contributed by atoms with Gasteiger partial charge in [-0.25, -0.2) is 0 Å². The normalized spacial score (nSPS) is 22.4. The van der Waals surface area contributed by atoms with Crippen molar-refractivity contribution in [2.24, 2.45) is 10.4 Å². The molecule has 0 aromatic rings. The van der Waals surface area contributed by atoms with Crippen LogP contribution < -0.4 is 10.6 Å². The number of aliphatic imine (C=N–C) groups is 1. The number of guanidine groups is 1. The zero-order chi connectivity index (χ0) is 11.4. The fraction of sp³-hybridized carbons (Fsp3) is 0.923. The average Bonchev–Trinajstić information content (AvgIpc) is 3.03. The summed E-state index contributed by atoms with van der Waals surface area (Å²) in [4.78, 5) is 4.28. The molecule has 0 unspecified atom stereocenters. The summed E-state index contributed by atoms with van der Waals surface area (Å²) in [5.41, 5.74) is 0.579.